The number of ether oxygens (including phenoxy) is 2. The zero-order chi connectivity index (χ0) is 12.2. The lowest BCUT2D eigenvalue weighted by atomic mass is 10.5. The standard InChI is InChI=1S/C11H24O2S3/c1-10(14)8-16-11(2)9-15-7-6-13-5-4-12-3/h10-11,14H,4-9H2,1-3H3/p-1. The van der Waals surface area contributed by atoms with Crippen molar-refractivity contribution in [2.75, 3.05) is 44.2 Å². The molecule has 0 aromatic rings. The summed E-state index contributed by atoms with van der Waals surface area (Å²) in [6.07, 6.45) is 0. The van der Waals surface area contributed by atoms with Crippen molar-refractivity contribution in [2.45, 2.75) is 24.3 Å². The monoisotopic (exact) mass is 283 g/mol. The third kappa shape index (κ3) is 13.0. The topological polar surface area (TPSA) is 18.5 Å². The second-order valence-corrected chi connectivity index (χ2v) is 7.06. The Bertz CT molecular complexity index is 145. The van der Waals surface area contributed by atoms with Crippen molar-refractivity contribution in [3.63, 3.8) is 0 Å². The molecule has 0 fully saturated rings. The molecule has 0 aliphatic carbocycles. The summed E-state index contributed by atoms with van der Waals surface area (Å²) in [5, 5.41) is 1.07. The lowest BCUT2D eigenvalue weighted by molar-refractivity contribution is 0.0790. The highest BCUT2D eigenvalue weighted by atomic mass is 32.2. The molecule has 0 bridgehead atoms. The SMILES string of the molecule is COCCOCCSCC(C)SCC(C)[S-]. The molecule has 2 nitrogen and oxygen atoms in total. The van der Waals surface area contributed by atoms with E-state index in [2.05, 4.69) is 13.8 Å². The Hall–Kier alpha value is 0.970. The van der Waals surface area contributed by atoms with E-state index in [1.807, 2.05) is 23.5 Å². The third-order valence-corrected chi connectivity index (χ3v) is 4.98. The van der Waals surface area contributed by atoms with E-state index in [-0.39, 0.29) is 0 Å². The van der Waals surface area contributed by atoms with Crippen LogP contribution in [-0.2, 0) is 22.1 Å². The number of methoxy groups -OCH3 is 1. The van der Waals surface area contributed by atoms with Gasteiger partial charge in [0.2, 0.25) is 0 Å². The molecule has 0 aromatic heterocycles. The highest BCUT2D eigenvalue weighted by molar-refractivity contribution is 8.03. The summed E-state index contributed by atoms with van der Waals surface area (Å²) in [5.74, 6) is 3.33. The summed E-state index contributed by atoms with van der Waals surface area (Å²) in [6.45, 7) is 6.57. The lowest BCUT2D eigenvalue weighted by Crippen LogP contribution is -2.09. The van der Waals surface area contributed by atoms with Crippen molar-refractivity contribution < 1.29 is 9.47 Å². The molecule has 0 spiro atoms. The van der Waals surface area contributed by atoms with Gasteiger partial charge in [-0.25, -0.2) is 0 Å². The molecule has 0 amide bonds. The van der Waals surface area contributed by atoms with E-state index < -0.39 is 0 Å². The van der Waals surface area contributed by atoms with Gasteiger partial charge < -0.3 is 22.1 Å². The molecule has 0 aromatic carbocycles. The van der Waals surface area contributed by atoms with Gasteiger partial charge in [0.25, 0.3) is 0 Å². The molecule has 0 radical (unpaired) electrons. The predicted molar refractivity (Wildman–Crippen MR) is 78.8 cm³/mol. The van der Waals surface area contributed by atoms with Gasteiger partial charge in [-0.3, -0.25) is 0 Å². The van der Waals surface area contributed by atoms with Crippen LogP contribution in [0.3, 0.4) is 0 Å². The minimum atomic E-state index is 0.384. The van der Waals surface area contributed by atoms with E-state index in [0.717, 1.165) is 18.1 Å². The molecule has 5 heteroatoms. The van der Waals surface area contributed by atoms with E-state index in [4.69, 9.17) is 22.1 Å². The van der Waals surface area contributed by atoms with Gasteiger partial charge in [0.05, 0.1) is 19.8 Å². The van der Waals surface area contributed by atoms with Crippen molar-refractivity contribution in [2.24, 2.45) is 0 Å². The van der Waals surface area contributed by atoms with E-state index in [0.29, 0.717) is 23.7 Å². The number of hydrogen-bond donors (Lipinski definition) is 0. The molecule has 0 aliphatic heterocycles. The van der Waals surface area contributed by atoms with Crippen molar-refractivity contribution in [3.8, 4) is 0 Å². The molecule has 0 saturated heterocycles. The summed E-state index contributed by atoms with van der Waals surface area (Å²) >= 11 is 9.05. The second-order valence-electron chi connectivity index (χ2n) is 3.63. The van der Waals surface area contributed by atoms with Crippen LogP contribution in [-0.4, -0.2) is 54.7 Å². The minimum absolute atomic E-state index is 0.384. The van der Waals surface area contributed by atoms with Gasteiger partial charge in [-0.2, -0.15) is 28.8 Å². The van der Waals surface area contributed by atoms with Gasteiger partial charge in [-0.15, -0.1) is 0 Å². The van der Waals surface area contributed by atoms with Crippen LogP contribution in [0.15, 0.2) is 0 Å². The Balaban J connectivity index is 3.12. The molecule has 2 atom stereocenters. The first kappa shape index (κ1) is 17.0. The molecule has 0 rings (SSSR count). The van der Waals surface area contributed by atoms with Crippen molar-refractivity contribution >= 4 is 36.2 Å². The Morgan fingerprint density at radius 1 is 1.12 bits per heavy atom. The van der Waals surface area contributed by atoms with E-state index in [9.17, 15) is 0 Å². The largest absolute Gasteiger partial charge is 0.789 e. The highest BCUT2D eigenvalue weighted by Crippen LogP contribution is 2.17. The van der Waals surface area contributed by atoms with Gasteiger partial charge in [0.15, 0.2) is 0 Å². The van der Waals surface area contributed by atoms with Crippen LogP contribution in [0.5, 0.6) is 0 Å². The van der Waals surface area contributed by atoms with Crippen LogP contribution in [0.2, 0.25) is 0 Å². The minimum Gasteiger partial charge on any atom is -0.789 e. The van der Waals surface area contributed by atoms with Crippen LogP contribution in [0, 0.1) is 0 Å². The van der Waals surface area contributed by atoms with Crippen LogP contribution >= 0.6 is 23.5 Å². The van der Waals surface area contributed by atoms with Gasteiger partial charge in [0.1, 0.15) is 0 Å². The van der Waals surface area contributed by atoms with Crippen molar-refractivity contribution in [3.05, 3.63) is 0 Å². The van der Waals surface area contributed by atoms with E-state index in [1.165, 1.54) is 5.75 Å². The highest BCUT2D eigenvalue weighted by Gasteiger charge is 2.02. The van der Waals surface area contributed by atoms with E-state index in [1.54, 1.807) is 7.11 Å². The molecule has 0 aliphatic rings. The summed E-state index contributed by atoms with van der Waals surface area (Å²) in [4.78, 5) is 0. The average molecular weight is 284 g/mol. The second kappa shape index (κ2) is 12.4. The number of hydrogen-bond acceptors (Lipinski definition) is 5. The summed E-state index contributed by atoms with van der Waals surface area (Å²) < 4.78 is 10.3. The molecule has 16 heavy (non-hydrogen) atoms. The first-order valence-corrected chi connectivity index (χ1v) is 8.26. The zero-order valence-corrected chi connectivity index (χ0v) is 12.9. The Labute approximate surface area is 114 Å². The summed E-state index contributed by atoms with van der Waals surface area (Å²) in [7, 11) is 1.69. The average Bonchev–Trinajstić information content (AvgIpc) is 2.25. The maximum atomic E-state index is 5.38. The predicted octanol–water partition coefficient (Wildman–Crippen LogP) is 2.44. The number of thioether (sulfide) groups is 2. The molecular weight excluding hydrogens is 260 g/mol. The summed E-state index contributed by atoms with van der Waals surface area (Å²) in [6, 6.07) is 0. The quantitative estimate of drug-likeness (QED) is 0.427. The van der Waals surface area contributed by atoms with E-state index >= 15 is 0 Å². The van der Waals surface area contributed by atoms with Gasteiger partial charge >= 0.3 is 0 Å². The molecule has 98 valence electrons. The Kier molecular flexibility index (Phi) is 13.2. The number of rotatable bonds is 11. The summed E-state index contributed by atoms with van der Waals surface area (Å²) in [5.41, 5.74) is 0. The normalized spacial score (nSPS) is 15.0. The van der Waals surface area contributed by atoms with Crippen LogP contribution in [0.1, 0.15) is 13.8 Å². The van der Waals surface area contributed by atoms with Crippen LogP contribution < -0.4 is 0 Å². The fraction of sp³-hybridized carbons (Fsp3) is 1.00. The third-order valence-electron chi connectivity index (χ3n) is 1.77. The maximum absolute atomic E-state index is 5.38. The van der Waals surface area contributed by atoms with Gasteiger partial charge in [0, 0.05) is 23.9 Å². The molecule has 0 N–H and O–H groups in total. The first-order chi connectivity index (χ1) is 7.66. The Morgan fingerprint density at radius 2 is 1.88 bits per heavy atom. The molecule has 0 saturated carbocycles. The first-order valence-electron chi connectivity index (χ1n) is 5.58. The molecule has 2 unspecified atom stereocenters. The van der Waals surface area contributed by atoms with Crippen LogP contribution in [0.4, 0.5) is 0 Å². The maximum Gasteiger partial charge on any atom is 0.0700 e. The Morgan fingerprint density at radius 3 is 2.50 bits per heavy atom. The van der Waals surface area contributed by atoms with Crippen molar-refractivity contribution in [1.82, 2.24) is 0 Å². The van der Waals surface area contributed by atoms with Gasteiger partial charge in [-0.1, -0.05) is 13.8 Å². The molecule has 0 heterocycles. The van der Waals surface area contributed by atoms with Crippen LogP contribution in [0.25, 0.3) is 0 Å². The van der Waals surface area contributed by atoms with Crippen molar-refractivity contribution in [1.29, 1.82) is 0 Å². The molecular formula is C11H23O2S3-. The smallest absolute Gasteiger partial charge is 0.0700 e. The lowest BCUT2D eigenvalue weighted by Gasteiger charge is -2.18. The fourth-order valence-corrected chi connectivity index (χ4v) is 3.20. The zero-order valence-electron chi connectivity index (χ0n) is 10.4. The van der Waals surface area contributed by atoms with Gasteiger partial charge in [-0.05, 0) is 5.75 Å². The fourth-order valence-electron chi connectivity index (χ4n) is 0.959.